The van der Waals surface area contributed by atoms with E-state index in [1.165, 1.54) is 7.05 Å². The van der Waals surface area contributed by atoms with Crippen LogP contribution in [0.25, 0.3) is 11.0 Å². The topological polar surface area (TPSA) is 84.2 Å². The molecule has 2 amide bonds. The van der Waals surface area contributed by atoms with Crippen LogP contribution in [0.15, 0.2) is 53.1 Å². The molecule has 0 bridgehead atoms. The number of pyridine rings is 1. The van der Waals surface area contributed by atoms with E-state index in [1.54, 1.807) is 24.5 Å². The first-order valence-electron chi connectivity index (χ1n) is 7.56. The van der Waals surface area contributed by atoms with E-state index in [0.717, 1.165) is 16.5 Å². The molecule has 6 nitrogen and oxygen atoms in total. The van der Waals surface area contributed by atoms with Gasteiger partial charge in [-0.1, -0.05) is 24.3 Å². The van der Waals surface area contributed by atoms with Gasteiger partial charge in [-0.25, -0.2) is 4.98 Å². The highest BCUT2D eigenvalue weighted by atomic mass is 16.3. The SMILES string of the molecule is CNC(=O)c1cccc(C(=O)NC(C)c2coc3ccccc23)n1. The van der Waals surface area contributed by atoms with Crippen LogP contribution in [0.5, 0.6) is 0 Å². The molecule has 6 heteroatoms. The van der Waals surface area contributed by atoms with Crippen LogP contribution in [0, 0.1) is 0 Å². The smallest absolute Gasteiger partial charge is 0.270 e. The van der Waals surface area contributed by atoms with Crippen molar-refractivity contribution < 1.29 is 14.0 Å². The number of para-hydroxylation sites is 1. The van der Waals surface area contributed by atoms with Gasteiger partial charge in [0.2, 0.25) is 0 Å². The van der Waals surface area contributed by atoms with Crippen LogP contribution in [0.2, 0.25) is 0 Å². The molecule has 0 aliphatic rings. The average molecular weight is 323 g/mol. The highest BCUT2D eigenvalue weighted by Gasteiger charge is 2.17. The van der Waals surface area contributed by atoms with E-state index < -0.39 is 0 Å². The number of benzene rings is 1. The normalized spacial score (nSPS) is 11.9. The molecule has 2 aromatic heterocycles. The summed E-state index contributed by atoms with van der Waals surface area (Å²) in [4.78, 5) is 28.1. The molecule has 2 heterocycles. The van der Waals surface area contributed by atoms with Crippen LogP contribution >= 0.6 is 0 Å². The van der Waals surface area contributed by atoms with Gasteiger partial charge in [-0.15, -0.1) is 0 Å². The minimum absolute atomic E-state index is 0.191. The van der Waals surface area contributed by atoms with Gasteiger partial charge in [0.25, 0.3) is 11.8 Å². The Hall–Kier alpha value is -3.15. The van der Waals surface area contributed by atoms with Crippen molar-refractivity contribution in [1.29, 1.82) is 0 Å². The second-order valence-electron chi connectivity index (χ2n) is 5.37. The maximum Gasteiger partial charge on any atom is 0.270 e. The van der Waals surface area contributed by atoms with Crippen molar-refractivity contribution >= 4 is 22.8 Å². The fraction of sp³-hybridized carbons (Fsp3) is 0.167. The van der Waals surface area contributed by atoms with Gasteiger partial charge in [-0.05, 0) is 25.1 Å². The zero-order valence-corrected chi connectivity index (χ0v) is 13.4. The van der Waals surface area contributed by atoms with Gasteiger partial charge < -0.3 is 15.1 Å². The van der Waals surface area contributed by atoms with Gasteiger partial charge >= 0.3 is 0 Å². The monoisotopic (exact) mass is 323 g/mol. The summed E-state index contributed by atoms with van der Waals surface area (Å²) in [5.74, 6) is -0.683. The Kier molecular flexibility index (Phi) is 4.29. The number of carbonyl (C=O) groups excluding carboxylic acids is 2. The van der Waals surface area contributed by atoms with Crippen LogP contribution in [0.1, 0.15) is 39.5 Å². The lowest BCUT2D eigenvalue weighted by Gasteiger charge is -2.12. The van der Waals surface area contributed by atoms with E-state index >= 15 is 0 Å². The lowest BCUT2D eigenvalue weighted by Crippen LogP contribution is -2.28. The van der Waals surface area contributed by atoms with Crippen molar-refractivity contribution in [2.24, 2.45) is 0 Å². The van der Waals surface area contributed by atoms with Crippen molar-refractivity contribution in [2.75, 3.05) is 7.05 Å². The number of carbonyl (C=O) groups is 2. The van der Waals surface area contributed by atoms with Gasteiger partial charge in [0.05, 0.1) is 12.3 Å². The molecule has 1 aromatic carbocycles. The van der Waals surface area contributed by atoms with Crippen molar-refractivity contribution in [3.63, 3.8) is 0 Å². The summed E-state index contributed by atoms with van der Waals surface area (Å²) < 4.78 is 5.50. The van der Waals surface area contributed by atoms with Crippen LogP contribution in [0.4, 0.5) is 0 Å². The molecule has 3 rings (SSSR count). The van der Waals surface area contributed by atoms with Gasteiger partial charge in [-0.2, -0.15) is 0 Å². The third-order valence-corrected chi connectivity index (χ3v) is 3.77. The molecule has 0 radical (unpaired) electrons. The molecule has 0 spiro atoms. The Balaban J connectivity index is 1.80. The Morgan fingerprint density at radius 3 is 2.50 bits per heavy atom. The molecule has 3 aromatic rings. The third-order valence-electron chi connectivity index (χ3n) is 3.77. The number of aromatic nitrogens is 1. The quantitative estimate of drug-likeness (QED) is 0.773. The van der Waals surface area contributed by atoms with Crippen LogP contribution in [0.3, 0.4) is 0 Å². The van der Waals surface area contributed by atoms with Gasteiger partial charge in [0.15, 0.2) is 0 Å². The molecular weight excluding hydrogens is 306 g/mol. The summed E-state index contributed by atoms with van der Waals surface area (Å²) in [5, 5.41) is 6.32. The maximum atomic E-state index is 12.4. The number of nitrogens with one attached hydrogen (secondary N) is 2. The van der Waals surface area contributed by atoms with Crippen LogP contribution < -0.4 is 10.6 Å². The summed E-state index contributed by atoms with van der Waals surface area (Å²) in [6, 6.07) is 12.1. The number of furan rings is 1. The van der Waals surface area contributed by atoms with Crippen molar-refractivity contribution in [3.8, 4) is 0 Å². The van der Waals surface area contributed by atoms with Crippen molar-refractivity contribution in [3.05, 3.63) is 65.7 Å². The lowest BCUT2D eigenvalue weighted by atomic mass is 10.1. The minimum atomic E-state index is -0.349. The Morgan fingerprint density at radius 1 is 1.04 bits per heavy atom. The van der Waals surface area contributed by atoms with Crippen LogP contribution in [-0.2, 0) is 0 Å². The van der Waals surface area contributed by atoms with E-state index in [-0.39, 0.29) is 29.2 Å². The van der Waals surface area contributed by atoms with Crippen molar-refractivity contribution in [1.82, 2.24) is 15.6 Å². The van der Waals surface area contributed by atoms with Gasteiger partial charge in [0.1, 0.15) is 17.0 Å². The summed E-state index contributed by atoms with van der Waals surface area (Å²) in [5.41, 5.74) is 2.05. The summed E-state index contributed by atoms with van der Waals surface area (Å²) in [6.45, 7) is 1.87. The first-order valence-corrected chi connectivity index (χ1v) is 7.56. The Labute approximate surface area is 138 Å². The van der Waals surface area contributed by atoms with E-state index in [4.69, 9.17) is 4.42 Å². The average Bonchev–Trinajstić information content (AvgIpc) is 3.05. The molecule has 0 aliphatic carbocycles. The predicted octanol–water partition coefficient (Wildman–Crippen LogP) is 2.68. The highest BCUT2D eigenvalue weighted by molar-refractivity contribution is 5.96. The number of nitrogens with zero attached hydrogens (tertiary/aromatic N) is 1. The predicted molar refractivity (Wildman–Crippen MR) is 89.7 cm³/mol. The zero-order valence-electron chi connectivity index (χ0n) is 13.4. The van der Waals surface area contributed by atoms with Gasteiger partial charge in [-0.3, -0.25) is 9.59 Å². The number of hydrogen-bond acceptors (Lipinski definition) is 4. The zero-order chi connectivity index (χ0) is 17.1. The van der Waals surface area contributed by atoms with E-state index in [1.807, 2.05) is 31.2 Å². The first kappa shape index (κ1) is 15.7. The molecule has 0 fully saturated rings. The fourth-order valence-corrected chi connectivity index (χ4v) is 2.50. The number of fused-ring (bicyclic) bond motifs is 1. The summed E-state index contributed by atoms with van der Waals surface area (Å²) in [7, 11) is 1.52. The minimum Gasteiger partial charge on any atom is -0.464 e. The molecule has 1 unspecified atom stereocenters. The number of rotatable bonds is 4. The largest absolute Gasteiger partial charge is 0.464 e. The molecule has 0 aliphatic heterocycles. The Bertz CT molecular complexity index is 901. The Morgan fingerprint density at radius 2 is 1.75 bits per heavy atom. The molecular formula is C18H17N3O3. The maximum absolute atomic E-state index is 12.4. The first-order chi connectivity index (χ1) is 11.6. The molecule has 0 saturated carbocycles. The van der Waals surface area contributed by atoms with Crippen LogP contribution in [-0.4, -0.2) is 23.8 Å². The highest BCUT2D eigenvalue weighted by Crippen LogP contribution is 2.26. The standard InChI is InChI=1S/C18H17N3O3/c1-11(13-10-24-16-9-4-3-6-12(13)16)20-18(23)15-8-5-7-14(21-15)17(22)19-2/h3-11H,1-2H3,(H,19,22)(H,20,23). The molecule has 1 atom stereocenters. The van der Waals surface area contributed by atoms with E-state index in [0.29, 0.717) is 0 Å². The van der Waals surface area contributed by atoms with E-state index in [2.05, 4.69) is 15.6 Å². The van der Waals surface area contributed by atoms with Gasteiger partial charge in [0, 0.05) is 18.0 Å². The van der Waals surface area contributed by atoms with E-state index in [9.17, 15) is 9.59 Å². The molecule has 24 heavy (non-hydrogen) atoms. The van der Waals surface area contributed by atoms with Crippen molar-refractivity contribution in [2.45, 2.75) is 13.0 Å². The second kappa shape index (κ2) is 6.54. The molecule has 0 saturated heterocycles. The fourth-order valence-electron chi connectivity index (χ4n) is 2.50. The summed E-state index contributed by atoms with van der Waals surface area (Å²) in [6.07, 6.45) is 1.64. The number of hydrogen-bond donors (Lipinski definition) is 2. The third kappa shape index (κ3) is 2.99. The molecule has 122 valence electrons. The number of amides is 2. The lowest BCUT2D eigenvalue weighted by molar-refractivity contribution is 0.0934. The second-order valence-corrected chi connectivity index (χ2v) is 5.37. The summed E-state index contributed by atoms with van der Waals surface area (Å²) >= 11 is 0. The molecule has 2 N–H and O–H groups in total.